The lowest BCUT2D eigenvalue weighted by Crippen LogP contribution is -2.44. The molecule has 1 heterocycles. The Hall–Kier alpha value is -1.04. The van der Waals surface area contributed by atoms with Crippen molar-refractivity contribution in [2.24, 2.45) is 27.5 Å². The lowest BCUT2D eigenvalue weighted by atomic mass is 10.0. The Labute approximate surface area is 163 Å². The van der Waals surface area contributed by atoms with E-state index >= 15 is 0 Å². The smallest absolute Gasteiger partial charge is 0.272 e. The molecule has 0 spiro atoms. The number of nitrogens with one attached hydrogen (secondary N) is 1. The third kappa shape index (κ3) is 6.93. The second kappa shape index (κ2) is 10.3. The van der Waals surface area contributed by atoms with E-state index in [1.54, 1.807) is 0 Å². The summed E-state index contributed by atoms with van der Waals surface area (Å²) in [6.07, 6.45) is 1.24. The van der Waals surface area contributed by atoms with E-state index in [2.05, 4.69) is 9.08 Å². The van der Waals surface area contributed by atoms with Gasteiger partial charge in [0.15, 0.2) is 9.92 Å². The van der Waals surface area contributed by atoms with Crippen molar-refractivity contribution in [1.82, 2.24) is 4.72 Å². The molecule has 0 aliphatic rings. The average Bonchev–Trinajstić information content (AvgIpc) is 2.98. The molecule has 7 N–H and O–H groups in total. The predicted molar refractivity (Wildman–Crippen MR) is 105 cm³/mol. The summed E-state index contributed by atoms with van der Waals surface area (Å²) in [5.41, 5.74) is 17.0. The number of thiophene rings is 1. The number of hydrogen-bond acceptors (Lipinski definition) is 7. The minimum absolute atomic E-state index is 0.159. The Morgan fingerprint density at radius 1 is 1.35 bits per heavy atom. The van der Waals surface area contributed by atoms with Gasteiger partial charge >= 0.3 is 0 Å². The molecular weight excluding hydrogens is 398 g/mol. The molecule has 0 aliphatic heterocycles. The molecule has 11 heteroatoms. The zero-order chi connectivity index (χ0) is 19.9. The molecule has 1 unspecified atom stereocenters. The third-order valence-corrected chi connectivity index (χ3v) is 6.99. The van der Waals surface area contributed by atoms with Crippen molar-refractivity contribution in [3.8, 4) is 0 Å². The summed E-state index contributed by atoms with van der Waals surface area (Å²) in [4.78, 5) is 24.6. The molecular formula is C15H26ClN5O3S2. The van der Waals surface area contributed by atoms with Gasteiger partial charge in [-0.2, -0.15) is 0 Å². The zero-order valence-electron chi connectivity index (χ0n) is 14.8. The van der Waals surface area contributed by atoms with Crippen molar-refractivity contribution in [2.75, 3.05) is 6.54 Å². The van der Waals surface area contributed by atoms with Crippen LogP contribution in [0.4, 0.5) is 0 Å². The zero-order valence-corrected chi connectivity index (χ0v) is 17.2. The highest BCUT2D eigenvalue weighted by Crippen LogP contribution is 2.25. The quantitative estimate of drug-likeness (QED) is 0.468. The fourth-order valence-electron chi connectivity index (χ4n) is 2.04. The molecule has 0 aliphatic carbocycles. The van der Waals surface area contributed by atoms with Crippen molar-refractivity contribution in [2.45, 2.75) is 49.4 Å². The van der Waals surface area contributed by atoms with Crippen molar-refractivity contribution >= 4 is 44.7 Å². The number of nitrogens with zero attached hydrogens (tertiary/aromatic N) is 1. The molecule has 0 radical (unpaired) electrons. The average molecular weight is 424 g/mol. The first-order valence-corrected chi connectivity index (χ1v) is 10.9. The van der Waals surface area contributed by atoms with Crippen LogP contribution in [0.3, 0.4) is 0 Å². The molecule has 1 rings (SSSR count). The minimum Gasteiger partial charge on any atom is -0.330 e. The first-order chi connectivity index (χ1) is 12.1. The third-order valence-electron chi connectivity index (χ3n) is 3.37. The highest BCUT2D eigenvalue weighted by atomic mass is 35.5. The second-order valence-corrected chi connectivity index (χ2v) is 9.76. The number of carbonyl (C=O) groups is 2. The fraction of sp³-hybridized carbons (Fsp3) is 0.600. The van der Waals surface area contributed by atoms with Gasteiger partial charge in [0.05, 0.1) is 17.1 Å². The van der Waals surface area contributed by atoms with Crippen LogP contribution in [0.5, 0.6) is 0 Å². The Kier molecular flexibility index (Phi) is 9.14. The van der Waals surface area contributed by atoms with Crippen LogP contribution in [0.25, 0.3) is 0 Å². The molecule has 0 bridgehead atoms. The number of rotatable bonds is 9. The number of nitrogens with two attached hydrogens (primary N) is 3. The Bertz CT molecular complexity index is 743. The summed E-state index contributed by atoms with van der Waals surface area (Å²) in [7, 11) is -3.58. The highest BCUT2D eigenvalue weighted by molar-refractivity contribution is 7.94. The monoisotopic (exact) mass is 423 g/mol. The molecule has 3 atom stereocenters. The standard InChI is InChI=1S/C15H26ClN5O3S2/c1-9(2)6-12(19)15(23)21-26(24,13-7-10(16)8-25-13)20-14(22)11(18)4-3-5-17/h7-9,11-12H,3-6,17-19H2,1-2H3,(H,20,21,22,23,24)/t11-,12+,26?/m1/s1. The van der Waals surface area contributed by atoms with Gasteiger partial charge in [0.1, 0.15) is 4.21 Å². The van der Waals surface area contributed by atoms with Crippen molar-refractivity contribution in [3.05, 3.63) is 16.5 Å². The van der Waals surface area contributed by atoms with Crippen molar-refractivity contribution < 1.29 is 13.8 Å². The lowest BCUT2D eigenvalue weighted by molar-refractivity contribution is -0.120. The number of hydrogen-bond donors (Lipinski definition) is 4. The molecule has 148 valence electrons. The molecule has 0 saturated heterocycles. The molecule has 1 aromatic heterocycles. The van der Waals surface area contributed by atoms with Crippen LogP contribution < -0.4 is 21.9 Å². The first kappa shape index (κ1) is 23.0. The van der Waals surface area contributed by atoms with E-state index in [4.69, 9.17) is 28.8 Å². The van der Waals surface area contributed by atoms with E-state index in [0.29, 0.717) is 30.8 Å². The largest absolute Gasteiger partial charge is 0.330 e. The number of carbonyl (C=O) groups excluding carboxylic acids is 2. The summed E-state index contributed by atoms with van der Waals surface area (Å²) >= 11 is 6.91. The van der Waals surface area contributed by atoms with Gasteiger partial charge < -0.3 is 17.2 Å². The van der Waals surface area contributed by atoms with E-state index in [1.165, 1.54) is 11.4 Å². The first-order valence-electron chi connectivity index (χ1n) is 8.17. The molecule has 2 amide bonds. The molecule has 8 nitrogen and oxygen atoms in total. The van der Waals surface area contributed by atoms with Crippen LogP contribution in [-0.4, -0.2) is 34.7 Å². The van der Waals surface area contributed by atoms with Crippen molar-refractivity contribution in [3.63, 3.8) is 0 Å². The van der Waals surface area contributed by atoms with Crippen LogP contribution >= 0.6 is 22.9 Å². The van der Waals surface area contributed by atoms with Gasteiger partial charge in [0, 0.05) is 5.38 Å². The summed E-state index contributed by atoms with van der Waals surface area (Å²) in [6.45, 7) is 4.19. The molecule has 0 fully saturated rings. The summed E-state index contributed by atoms with van der Waals surface area (Å²) in [5.74, 6) is -1.26. The summed E-state index contributed by atoms with van der Waals surface area (Å²) in [5, 5.41) is 1.86. The van der Waals surface area contributed by atoms with E-state index in [0.717, 1.165) is 11.3 Å². The van der Waals surface area contributed by atoms with Gasteiger partial charge in [-0.3, -0.25) is 14.3 Å². The van der Waals surface area contributed by atoms with Gasteiger partial charge in [0.2, 0.25) is 5.91 Å². The molecule has 26 heavy (non-hydrogen) atoms. The van der Waals surface area contributed by atoms with Crippen LogP contribution in [0, 0.1) is 5.92 Å². The maximum absolute atomic E-state index is 13.3. The lowest BCUT2D eigenvalue weighted by Gasteiger charge is -2.16. The normalized spacial score (nSPS) is 16.0. The van der Waals surface area contributed by atoms with Gasteiger partial charge in [0.25, 0.3) is 5.91 Å². The maximum atomic E-state index is 13.3. The van der Waals surface area contributed by atoms with Gasteiger partial charge in [-0.25, -0.2) is 4.21 Å². The van der Waals surface area contributed by atoms with E-state index < -0.39 is 33.8 Å². The number of halogens is 1. The van der Waals surface area contributed by atoms with Crippen LogP contribution in [0.1, 0.15) is 33.1 Å². The summed E-state index contributed by atoms with van der Waals surface area (Å²) in [6, 6.07) is -0.427. The van der Waals surface area contributed by atoms with E-state index in [1.807, 2.05) is 13.8 Å². The van der Waals surface area contributed by atoms with E-state index in [9.17, 15) is 13.8 Å². The SMILES string of the molecule is CC(C)C[C@H](N)C(=O)N=S(=O)(NC(=O)[C@H](N)CCCN)c1cc(Cl)cs1. The molecule has 1 aromatic rings. The molecule has 0 aromatic carbocycles. The maximum Gasteiger partial charge on any atom is 0.272 e. The second-order valence-electron chi connectivity index (χ2n) is 6.28. The Morgan fingerprint density at radius 2 is 2.00 bits per heavy atom. The fourth-order valence-corrected chi connectivity index (χ4v) is 5.14. The predicted octanol–water partition coefficient (Wildman–Crippen LogP) is 1.23. The van der Waals surface area contributed by atoms with Crippen LogP contribution in [0.15, 0.2) is 20.0 Å². The van der Waals surface area contributed by atoms with Gasteiger partial charge in [-0.1, -0.05) is 25.4 Å². The number of amides is 2. The van der Waals surface area contributed by atoms with Gasteiger partial charge in [-0.05, 0) is 37.8 Å². The van der Waals surface area contributed by atoms with Crippen LogP contribution in [0.2, 0.25) is 5.02 Å². The van der Waals surface area contributed by atoms with E-state index in [-0.39, 0.29) is 10.1 Å². The Balaban J connectivity index is 3.16. The topological polar surface area (TPSA) is 154 Å². The van der Waals surface area contributed by atoms with Crippen molar-refractivity contribution in [1.29, 1.82) is 0 Å². The molecule has 0 saturated carbocycles. The van der Waals surface area contributed by atoms with Crippen LogP contribution in [-0.2, 0) is 19.5 Å². The Morgan fingerprint density at radius 3 is 2.50 bits per heavy atom. The highest BCUT2D eigenvalue weighted by Gasteiger charge is 2.25. The van der Waals surface area contributed by atoms with Gasteiger partial charge in [-0.15, -0.1) is 15.7 Å². The summed E-state index contributed by atoms with van der Waals surface area (Å²) < 4.78 is 19.5. The minimum atomic E-state index is -3.58.